The minimum absolute atomic E-state index is 0.396. The number of benzene rings is 1. The molecule has 1 aromatic rings. The minimum Gasteiger partial charge on any atom is -0.309 e. The van der Waals surface area contributed by atoms with Gasteiger partial charge in [-0.15, -0.1) is 0 Å². The monoisotopic (exact) mass is 303 g/mol. The maximum atomic E-state index is 6.13. The van der Waals surface area contributed by atoms with E-state index in [9.17, 15) is 0 Å². The van der Waals surface area contributed by atoms with E-state index in [0.29, 0.717) is 21.3 Å². The molecule has 0 aliphatic carbocycles. The SMILES string of the molecule is CCCNC(c1ccc(Cl)c(Cl)c1)C1CCCS1. The lowest BCUT2D eigenvalue weighted by atomic mass is 10.0. The van der Waals surface area contributed by atoms with Crippen LogP contribution in [0.1, 0.15) is 37.8 Å². The van der Waals surface area contributed by atoms with E-state index in [1.165, 1.54) is 24.2 Å². The molecule has 0 aromatic heterocycles. The Bertz CT molecular complexity index is 391. The largest absolute Gasteiger partial charge is 0.309 e. The zero-order chi connectivity index (χ0) is 13.0. The van der Waals surface area contributed by atoms with E-state index in [1.807, 2.05) is 12.1 Å². The Balaban J connectivity index is 2.17. The first-order valence-corrected chi connectivity index (χ1v) is 8.32. The van der Waals surface area contributed by atoms with Crippen molar-refractivity contribution >= 4 is 35.0 Å². The molecule has 1 nitrogen and oxygen atoms in total. The van der Waals surface area contributed by atoms with E-state index < -0.39 is 0 Å². The molecule has 2 atom stereocenters. The summed E-state index contributed by atoms with van der Waals surface area (Å²) < 4.78 is 0. The lowest BCUT2D eigenvalue weighted by molar-refractivity contribution is 0.503. The van der Waals surface area contributed by atoms with Crippen LogP contribution in [0, 0.1) is 0 Å². The number of hydrogen-bond donors (Lipinski definition) is 1. The van der Waals surface area contributed by atoms with Crippen LogP contribution in [0.25, 0.3) is 0 Å². The lowest BCUT2D eigenvalue weighted by Gasteiger charge is -2.25. The minimum atomic E-state index is 0.396. The van der Waals surface area contributed by atoms with E-state index in [2.05, 4.69) is 30.1 Å². The molecule has 1 heterocycles. The highest BCUT2D eigenvalue weighted by molar-refractivity contribution is 8.00. The van der Waals surface area contributed by atoms with Gasteiger partial charge >= 0.3 is 0 Å². The van der Waals surface area contributed by atoms with E-state index >= 15 is 0 Å². The van der Waals surface area contributed by atoms with Crippen LogP contribution in [0.15, 0.2) is 18.2 Å². The summed E-state index contributed by atoms with van der Waals surface area (Å²) in [4.78, 5) is 0. The number of nitrogens with one attached hydrogen (secondary N) is 1. The molecule has 4 heteroatoms. The van der Waals surface area contributed by atoms with Crippen LogP contribution in [0.2, 0.25) is 10.0 Å². The van der Waals surface area contributed by atoms with Crippen LogP contribution in [-0.4, -0.2) is 17.5 Å². The predicted octanol–water partition coefficient (Wildman–Crippen LogP) is 4.93. The van der Waals surface area contributed by atoms with Gasteiger partial charge in [0.15, 0.2) is 0 Å². The normalized spacial score (nSPS) is 21.2. The Morgan fingerprint density at radius 2 is 2.22 bits per heavy atom. The summed E-state index contributed by atoms with van der Waals surface area (Å²) in [6.07, 6.45) is 3.75. The zero-order valence-corrected chi connectivity index (χ0v) is 12.9. The molecule has 1 aliphatic rings. The third kappa shape index (κ3) is 3.57. The van der Waals surface area contributed by atoms with Gasteiger partial charge in [-0.2, -0.15) is 11.8 Å². The van der Waals surface area contributed by atoms with Crippen LogP contribution in [-0.2, 0) is 0 Å². The quantitative estimate of drug-likeness (QED) is 0.828. The fourth-order valence-corrected chi connectivity index (χ4v) is 4.06. The number of hydrogen-bond acceptors (Lipinski definition) is 2. The summed E-state index contributed by atoms with van der Waals surface area (Å²) in [6, 6.07) is 6.41. The second kappa shape index (κ2) is 7.04. The van der Waals surface area contributed by atoms with Gasteiger partial charge in [-0.3, -0.25) is 0 Å². The first kappa shape index (κ1) is 14.5. The Morgan fingerprint density at radius 3 is 2.83 bits per heavy atom. The van der Waals surface area contributed by atoms with Gasteiger partial charge < -0.3 is 5.32 Å². The molecule has 1 saturated heterocycles. The van der Waals surface area contributed by atoms with Crippen molar-refractivity contribution in [2.24, 2.45) is 0 Å². The maximum absolute atomic E-state index is 6.13. The van der Waals surface area contributed by atoms with Crippen molar-refractivity contribution in [1.82, 2.24) is 5.32 Å². The van der Waals surface area contributed by atoms with Crippen LogP contribution in [0.4, 0.5) is 0 Å². The smallest absolute Gasteiger partial charge is 0.0595 e. The van der Waals surface area contributed by atoms with Gasteiger partial charge in [0, 0.05) is 11.3 Å². The molecule has 100 valence electrons. The van der Waals surface area contributed by atoms with Crippen LogP contribution in [0.5, 0.6) is 0 Å². The summed E-state index contributed by atoms with van der Waals surface area (Å²) in [7, 11) is 0. The molecule has 1 fully saturated rings. The molecule has 1 aromatic carbocycles. The topological polar surface area (TPSA) is 12.0 Å². The standard InChI is InChI=1S/C14H19Cl2NS/c1-2-7-17-14(13-4-3-8-18-13)10-5-6-11(15)12(16)9-10/h5-6,9,13-14,17H,2-4,7-8H2,1H3. The second-order valence-electron chi connectivity index (χ2n) is 4.66. The van der Waals surface area contributed by atoms with Gasteiger partial charge in [0.05, 0.1) is 10.0 Å². The van der Waals surface area contributed by atoms with Crippen molar-refractivity contribution in [3.8, 4) is 0 Å². The van der Waals surface area contributed by atoms with Crippen molar-refractivity contribution in [2.45, 2.75) is 37.5 Å². The van der Waals surface area contributed by atoms with Crippen molar-refractivity contribution in [2.75, 3.05) is 12.3 Å². The van der Waals surface area contributed by atoms with Gasteiger partial charge in [-0.25, -0.2) is 0 Å². The fraction of sp³-hybridized carbons (Fsp3) is 0.571. The predicted molar refractivity (Wildman–Crippen MR) is 83.0 cm³/mol. The Kier molecular flexibility index (Phi) is 5.68. The third-order valence-electron chi connectivity index (χ3n) is 3.25. The Hall–Kier alpha value is 0.110. The van der Waals surface area contributed by atoms with Crippen molar-refractivity contribution in [3.63, 3.8) is 0 Å². The summed E-state index contributed by atoms with van der Waals surface area (Å²) in [5.41, 5.74) is 1.26. The molecule has 0 amide bonds. The van der Waals surface area contributed by atoms with Crippen molar-refractivity contribution < 1.29 is 0 Å². The van der Waals surface area contributed by atoms with Gasteiger partial charge in [0.2, 0.25) is 0 Å². The highest BCUT2D eigenvalue weighted by atomic mass is 35.5. The molecule has 2 rings (SSSR count). The Morgan fingerprint density at radius 1 is 1.39 bits per heavy atom. The maximum Gasteiger partial charge on any atom is 0.0595 e. The molecule has 18 heavy (non-hydrogen) atoms. The summed E-state index contributed by atoms with van der Waals surface area (Å²) in [5, 5.41) is 5.60. The third-order valence-corrected chi connectivity index (χ3v) is 5.45. The van der Waals surface area contributed by atoms with Crippen LogP contribution < -0.4 is 5.32 Å². The van der Waals surface area contributed by atoms with Crippen LogP contribution in [0.3, 0.4) is 0 Å². The van der Waals surface area contributed by atoms with E-state index in [-0.39, 0.29) is 0 Å². The molecular formula is C14H19Cl2NS. The highest BCUT2D eigenvalue weighted by Gasteiger charge is 2.26. The number of halogens is 2. The summed E-state index contributed by atoms with van der Waals surface area (Å²) in [6.45, 7) is 3.24. The van der Waals surface area contributed by atoms with Gasteiger partial charge in [-0.1, -0.05) is 36.2 Å². The van der Waals surface area contributed by atoms with Gasteiger partial charge in [0.1, 0.15) is 0 Å². The molecule has 1 N–H and O–H groups in total. The number of thioether (sulfide) groups is 1. The van der Waals surface area contributed by atoms with Gasteiger partial charge in [0.25, 0.3) is 0 Å². The van der Waals surface area contributed by atoms with E-state index in [0.717, 1.165) is 13.0 Å². The lowest BCUT2D eigenvalue weighted by Crippen LogP contribution is -2.29. The first-order valence-electron chi connectivity index (χ1n) is 6.52. The average Bonchev–Trinajstić information content (AvgIpc) is 2.88. The van der Waals surface area contributed by atoms with E-state index in [4.69, 9.17) is 23.2 Å². The molecule has 0 spiro atoms. The molecule has 0 radical (unpaired) electrons. The fourth-order valence-electron chi connectivity index (χ4n) is 2.34. The number of rotatable bonds is 5. The van der Waals surface area contributed by atoms with Crippen molar-refractivity contribution in [3.05, 3.63) is 33.8 Å². The summed E-state index contributed by atoms with van der Waals surface area (Å²) >= 11 is 14.2. The van der Waals surface area contributed by atoms with Gasteiger partial charge in [-0.05, 0) is 49.3 Å². The molecule has 2 unspecified atom stereocenters. The summed E-state index contributed by atoms with van der Waals surface area (Å²) in [5.74, 6) is 1.27. The second-order valence-corrected chi connectivity index (χ2v) is 6.82. The highest BCUT2D eigenvalue weighted by Crippen LogP contribution is 2.37. The molecule has 0 saturated carbocycles. The zero-order valence-electron chi connectivity index (χ0n) is 10.6. The molecule has 0 bridgehead atoms. The van der Waals surface area contributed by atoms with E-state index in [1.54, 1.807) is 0 Å². The van der Waals surface area contributed by atoms with Crippen LogP contribution >= 0.6 is 35.0 Å². The Labute approximate surface area is 124 Å². The average molecular weight is 304 g/mol. The molecule has 1 aliphatic heterocycles. The first-order chi connectivity index (χ1) is 8.72. The van der Waals surface area contributed by atoms with Crippen molar-refractivity contribution in [1.29, 1.82) is 0 Å². The molecular weight excluding hydrogens is 285 g/mol.